The summed E-state index contributed by atoms with van der Waals surface area (Å²) in [6.07, 6.45) is 3.15. The molecule has 0 spiro atoms. The molecule has 1 aliphatic rings. The molecule has 0 aliphatic carbocycles. The van der Waals surface area contributed by atoms with Crippen LogP contribution in [0.1, 0.15) is 25.7 Å². The van der Waals surface area contributed by atoms with Crippen molar-refractivity contribution in [1.29, 1.82) is 0 Å². The lowest BCUT2D eigenvalue weighted by molar-refractivity contribution is 0.234. The number of piperidine rings is 1. The molecule has 1 atom stereocenters. The van der Waals surface area contributed by atoms with E-state index in [-0.39, 0.29) is 11.9 Å². The zero-order valence-corrected chi connectivity index (χ0v) is 16.4. The second-order valence-corrected chi connectivity index (χ2v) is 9.44. The number of thiophene rings is 1. The third-order valence-corrected chi connectivity index (χ3v) is 7.82. The van der Waals surface area contributed by atoms with Crippen molar-refractivity contribution < 1.29 is 17.6 Å². The first-order valence-corrected chi connectivity index (χ1v) is 11.1. The maximum atomic E-state index is 12.9. The Hall–Kier alpha value is -1.97. The van der Waals surface area contributed by atoms with E-state index in [9.17, 15) is 17.6 Å². The van der Waals surface area contributed by atoms with Crippen LogP contribution in [0.4, 0.5) is 14.9 Å². The summed E-state index contributed by atoms with van der Waals surface area (Å²) in [6.45, 7) is 0.862. The molecule has 146 valence electrons. The van der Waals surface area contributed by atoms with Crippen LogP contribution in [0.25, 0.3) is 0 Å². The van der Waals surface area contributed by atoms with Crippen LogP contribution in [0.15, 0.2) is 46.0 Å². The van der Waals surface area contributed by atoms with Crippen molar-refractivity contribution in [3.63, 3.8) is 0 Å². The van der Waals surface area contributed by atoms with E-state index in [1.165, 1.54) is 35.6 Å². The van der Waals surface area contributed by atoms with E-state index < -0.39 is 16.1 Å². The average molecular weight is 412 g/mol. The maximum absolute atomic E-state index is 12.9. The Morgan fingerprint density at radius 3 is 2.70 bits per heavy atom. The molecule has 1 saturated heterocycles. The number of amides is 2. The highest BCUT2D eigenvalue weighted by atomic mass is 32.2. The number of hydrogen-bond acceptors (Lipinski definition) is 4. The lowest BCUT2D eigenvalue weighted by Crippen LogP contribution is -2.45. The van der Waals surface area contributed by atoms with Crippen LogP contribution < -0.4 is 10.6 Å². The second-order valence-electron chi connectivity index (χ2n) is 6.37. The quantitative estimate of drug-likeness (QED) is 0.762. The summed E-state index contributed by atoms with van der Waals surface area (Å²) >= 11 is 1.22. The molecule has 1 aromatic heterocycles. The Bertz CT molecular complexity index is 854. The van der Waals surface area contributed by atoms with E-state index in [2.05, 4.69) is 10.6 Å². The standard InChI is InChI=1S/C18H22FN3O3S2/c19-14-6-8-15(9-7-14)21-18(23)20-11-10-16-4-1-2-12-22(16)27(24,25)17-5-3-13-26-17/h3,5-9,13,16H,1-2,4,10-12H2,(H2,20,21,23). The molecular weight excluding hydrogens is 389 g/mol. The number of carbonyl (C=O) groups excluding carboxylic acids is 1. The van der Waals surface area contributed by atoms with Gasteiger partial charge in [-0.05, 0) is 55.0 Å². The van der Waals surface area contributed by atoms with Crippen LogP contribution in [0.3, 0.4) is 0 Å². The number of halogens is 1. The van der Waals surface area contributed by atoms with E-state index in [1.807, 2.05) is 0 Å². The van der Waals surface area contributed by atoms with Gasteiger partial charge in [-0.1, -0.05) is 12.5 Å². The summed E-state index contributed by atoms with van der Waals surface area (Å²) in [7, 11) is -3.48. The Morgan fingerprint density at radius 2 is 2.00 bits per heavy atom. The number of nitrogens with one attached hydrogen (secondary N) is 2. The van der Waals surface area contributed by atoms with Gasteiger partial charge in [0.2, 0.25) is 0 Å². The minimum absolute atomic E-state index is 0.128. The molecule has 2 amide bonds. The average Bonchev–Trinajstić information content (AvgIpc) is 3.20. The van der Waals surface area contributed by atoms with E-state index in [4.69, 9.17) is 0 Å². The van der Waals surface area contributed by atoms with Gasteiger partial charge in [0.1, 0.15) is 10.0 Å². The molecule has 1 aromatic carbocycles. The van der Waals surface area contributed by atoms with Gasteiger partial charge in [-0.15, -0.1) is 11.3 Å². The van der Waals surface area contributed by atoms with E-state index in [0.717, 1.165) is 19.3 Å². The molecule has 1 unspecified atom stereocenters. The van der Waals surface area contributed by atoms with Gasteiger partial charge in [0.25, 0.3) is 10.0 Å². The van der Waals surface area contributed by atoms with Crippen molar-refractivity contribution >= 4 is 33.1 Å². The molecule has 0 bridgehead atoms. The van der Waals surface area contributed by atoms with Crippen molar-refractivity contribution in [2.24, 2.45) is 0 Å². The number of nitrogens with zero attached hydrogens (tertiary/aromatic N) is 1. The topological polar surface area (TPSA) is 78.5 Å². The second kappa shape index (κ2) is 8.81. The predicted molar refractivity (Wildman–Crippen MR) is 104 cm³/mol. The van der Waals surface area contributed by atoms with Crippen molar-refractivity contribution in [2.45, 2.75) is 35.9 Å². The van der Waals surface area contributed by atoms with Gasteiger partial charge < -0.3 is 10.6 Å². The van der Waals surface area contributed by atoms with Crippen molar-refractivity contribution in [2.75, 3.05) is 18.4 Å². The lowest BCUT2D eigenvalue weighted by atomic mass is 10.0. The number of carbonyl (C=O) groups is 1. The lowest BCUT2D eigenvalue weighted by Gasteiger charge is -2.34. The maximum Gasteiger partial charge on any atom is 0.319 e. The van der Waals surface area contributed by atoms with Gasteiger partial charge >= 0.3 is 6.03 Å². The Morgan fingerprint density at radius 1 is 1.22 bits per heavy atom. The molecule has 3 rings (SSSR count). The summed E-state index contributed by atoms with van der Waals surface area (Å²) < 4.78 is 40.5. The Kier molecular flexibility index (Phi) is 6.46. The van der Waals surface area contributed by atoms with Crippen molar-refractivity contribution in [3.05, 3.63) is 47.6 Å². The van der Waals surface area contributed by atoms with Gasteiger partial charge in [-0.25, -0.2) is 17.6 Å². The normalized spacial score (nSPS) is 18.2. The molecule has 6 nitrogen and oxygen atoms in total. The summed E-state index contributed by atoms with van der Waals surface area (Å²) in [6, 6.07) is 8.33. The molecule has 0 radical (unpaired) electrons. The van der Waals surface area contributed by atoms with Crippen molar-refractivity contribution in [3.8, 4) is 0 Å². The Labute approximate surface area is 162 Å². The first kappa shape index (κ1) is 19.8. The van der Waals surface area contributed by atoms with Crippen LogP contribution in [0, 0.1) is 5.82 Å². The highest BCUT2D eigenvalue weighted by Crippen LogP contribution is 2.29. The largest absolute Gasteiger partial charge is 0.338 e. The minimum Gasteiger partial charge on any atom is -0.338 e. The number of urea groups is 1. The molecule has 2 heterocycles. The molecule has 1 fully saturated rings. The van der Waals surface area contributed by atoms with Gasteiger partial charge in [-0.3, -0.25) is 0 Å². The highest BCUT2D eigenvalue weighted by molar-refractivity contribution is 7.91. The molecular formula is C18H22FN3O3S2. The van der Waals surface area contributed by atoms with Crippen LogP contribution in [0.2, 0.25) is 0 Å². The number of hydrogen-bond donors (Lipinski definition) is 2. The number of anilines is 1. The fraction of sp³-hybridized carbons (Fsp3) is 0.389. The van der Waals surface area contributed by atoms with Gasteiger partial charge in [0.15, 0.2) is 0 Å². The SMILES string of the molecule is O=C(NCCC1CCCCN1S(=O)(=O)c1cccs1)Nc1ccc(F)cc1. The molecule has 1 aliphatic heterocycles. The van der Waals surface area contributed by atoms with Crippen LogP contribution >= 0.6 is 11.3 Å². The van der Waals surface area contributed by atoms with E-state index in [1.54, 1.807) is 21.8 Å². The first-order valence-electron chi connectivity index (χ1n) is 8.82. The third kappa shape index (κ3) is 5.06. The van der Waals surface area contributed by atoms with Gasteiger partial charge in [-0.2, -0.15) is 4.31 Å². The monoisotopic (exact) mass is 411 g/mol. The molecule has 27 heavy (non-hydrogen) atoms. The van der Waals surface area contributed by atoms with Gasteiger partial charge in [0, 0.05) is 24.8 Å². The summed E-state index contributed by atoms with van der Waals surface area (Å²) in [5.74, 6) is -0.370. The van der Waals surface area contributed by atoms with E-state index >= 15 is 0 Å². The van der Waals surface area contributed by atoms with Crippen LogP contribution in [-0.4, -0.2) is 37.9 Å². The molecule has 9 heteroatoms. The summed E-state index contributed by atoms with van der Waals surface area (Å²) in [4.78, 5) is 12.0. The third-order valence-electron chi connectivity index (χ3n) is 4.50. The number of benzene rings is 1. The fourth-order valence-electron chi connectivity index (χ4n) is 3.17. The smallest absolute Gasteiger partial charge is 0.319 e. The van der Waals surface area contributed by atoms with E-state index in [0.29, 0.717) is 29.4 Å². The zero-order valence-electron chi connectivity index (χ0n) is 14.7. The highest BCUT2D eigenvalue weighted by Gasteiger charge is 2.33. The number of sulfonamides is 1. The minimum atomic E-state index is -3.48. The summed E-state index contributed by atoms with van der Waals surface area (Å²) in [5, 5.41) is 7.12. The fourth-order valence-corrected chi connectivity index (χ4v) is 6.01. The predicted octanol–water partition coefficient (Wildman–Crippen LogP) is 3.64. The first-order chi connectivity index (χ1) is 13.0. The molecule has 0 saturated carbocycles. The van der Waals surface area contributed by atoms with Gasteiger partial charge in [0.05, 0.1) is 0 Å². The van der Waals surface area contributed by atoms with Crippen LogP contribution in [0.5, 0.6) is 0 Å². The summed E-state index contributed by atoms with van der Waals surface area (Å²) in [5.41, 5.74) is 0.494. The Balaban J connectivity index is 1.54. The van der Waals surface area contributed by atoms with Crippen LogP contribution in [-0.2, 0) is 10.0 Å². The number of rotatable bonds is 6. The molecule has 2 aromatic rings. The zero-order chi connectivity index (χ0) is 19.3. The molecule has 2 N–H and O–H groups in total. The van der Waals surface area contributed by atoms with Crippen molar-refractivity contribution in [1.82, 2.24) is 9.62 Å².